The molecule has 3 aromatic carbocycles. The second-order valence-corrected chi connectivity index (χ2v) is 11.4. The summed E-state index contributed by atoms with van der Waals surface area (Å²) < 4.78 is 17.7. The summed E-state index contributed by atoms with van der Waals surface area (Å²) in [7, 11) is 0. The quantitative estimate of drug-likeness (QED) is 0.349. The molecule has 0 bridgehead atoms. The third-order valence-corrected chi connectivity index (χ3v) is 8.42. The zero-order valence-corrected chi connectivity index (χ0v) is 25.6. The van der Waals surface area contributed by atoms with Gasteiger partial charge >= 0.3 is 5.97 Å². The van der Waals surface area contributed by atoms with E-state index < -0.39 is 5.97 Å². The van der Waals surface area contributed by atoms with Gasteiger partial charge in [0.2, 0.25) is 0 Å². The van der Waals surface area contributed by atoms with Gasteiger partial charge in [-0.05, 0) is 55.8 Å². The van der Waals surface area contributed by atoms with E-state index in [0.717, 1.165) is 42.6 Å². The van der Waals surface area contributed by atoms with Crippen molar-refractivity contribution in [3.8, 4) is 22.6 Å². The molecule has 0 aromatic heterocycles. The molecular weight excluding hydrogens is 617 g/mol. The van der Waals surface area contributed by atoms with Gasteiger partial charge in [-0.15, -0.1) is 12.4 Å². The van der Waals surface area contributed by atoms with Crippen LogP contribution in [0.5, 0.6) is 11.5 Å². The van der Waals surface area contributed by atoms with Gasteiger partial charge in [0.25, 0.3) is 5.91 Å². The Bertz CT molecular complexity index is 1490. The largest absolute Gasteiger partial charge is 0.490 e. The van der Waals surface area contributed by atoms with E-state index in [4.69, 9.17) is 37.4 Å². The van der Waals surface area contributed by atoms with Crippen LogP contribution in [-0.2, 0) is 11.3 Å². The first kappa shape index (κ1) is 31.2. The highest BCUT2D eigenvalue weighted by atomic mass is 35.5. The van der Waals surface area contributed by atoms with Crippen LogP contribution in [0.25, 0.3) is 11.1 Å². The third-order valence-electron chi connectivity index (χ3n) is 7.82. The fourth-order valence-corrected chi connectivity index (χ4v) is 6.29. The lowest BCUT2D eigenvalue weighted by atomic mass is 9.97. The first-order chi connectivity index (χ1) is 20.4. The number of hydrogen-bond donors (Lipinski definition) is 2. The van der Waals surface area contributed by atoms with Gasteiger partial charge < -0.3 is 34.4 Å². The summed E-state index contributed by atoms with van der Waals surface area (Å²) in [5, 5.41) is 13.6. The van der Waals surface area contributed by atoms with E-state index in [2.05, 4.69) is 5.32 Å². The molecule has 3 aliphatic rings. The highest BCUT2D eigenvalue weighted by molar-refractivity contribution is 6.39. The third kappa shape index (κ3) is 6.66. The van der Waals surface area contributed by atoms with Crippen LogP contribution in [0.3, 0.4) is 0 Å². The smallest absolute Gasteiger partial charge is 0.337 e. The van der Waals surface area contributed by atoms with Crippen molar-refractivity contribution in [2.45, 2.75) is 25.5 Å². The number of carbonyl (C=O) groups is 2. The molecule has 2 fully saturated rings. The van der Waals surface area contributed by atoms with E-state index in [1.54, 1.807) is 29.2 Å². The molecule has 3 heterocycles. The normalized spacial score (nSPS) is 17.0. The number of amides is 1. The molecule has 0 atom stereocenters. The Balaban J connectivity index is 0.00000368. The average molecular weight is 649 g/mol. The number of ether oxygens (including phenoxy) is 3. The van der Waals surface area contributed by atoms with Crippen molar-refractivity contribution in [2.75, 3.05) is 51.0 Å². The van der Waals surface area contributed by atoms with E-state index >= 15 is 0 Å². The number of morpholine rings is 1. The minimum absolute atomic E-state index is 0. The summed E-state index contributed by atoms with van der Waals surface area (Å²) in [4.78, 5) is 29.1. The number of para-hydroxylation sites is 1. The van der Waals surface area contributed by atoms with E-state index in [1.807, 2.05) is 29.2 Å². The number of halogens is 3. The van der Waals surface area contributed by atoms with Crippen molar-refractivity contribution in [1.82, 2.24) is 10.2 Å². The molecule has 0 aliphatic carbocycles. The maximum atomic E-state index is 13.6. The maximum Gasteiger partial charge on any atom is 0.337 e. The van der Waals surface area contributed by atoms with Crippen LogP contribution in [0.4, 0.5) is 5.69 Å². The Labute approximate surface area is 266 Å². The monoisotopic (exact) mass is 647 g/mol. The van der Waals surface area contributed by atoms with E-state index in [0.29, 0.717) is 50.0 Å². The number of anilines is 1. The number of benzene rings is 3. The number of hydrogen-bond acceptors (Lipinski definition) is 7. The van der Waals surface area contributed by atoms with Crippen molar-refractivity contribution in [3.05, 3.63) is 75.3 Å². The molecule has 43 heavy (non-hydrogen) atoms. The molecule has 3 aliphatic heterocycles. The van der Waals surface area contributed by atoms with Crippen molar-refractivity contribution in [2.24, 2.45) is 0 Å². The predicted octanol–water partition coefficient (Wildman–Crippen LogP) is 5.74. The molecule has 2 N–H and O–H groups in total. The average Bonchev–Trinajstić information content (AvgIpc) is 3.00. The summed E-state index contributed by atoms with van der Waals surface area (Å²) in [6.07, 6.45) is 1.85. The van der Waals surface area contributed by atoms with Crippen LogP contribution >= 0.6 is 35.6 Å². The number of carboxylic acid groups (broad SMARTS) is 1. The Morgan fingerprint density at radius 1 is 1.00 bits per heavy atom. The van der Waals surface area contributed by atoms with E-state index in [1.165, 1.54) is 0 Å². The lowest BCUT2D eigenvalue weighted by Gasteiger charge is -2.32. The van der Waals surface area contributed by atoms with Gasteiger partial charge in [-0.2, -0.15) is 0 Å². The number of fused-ring (bicyclic) bond motifs is 1. The predicted molar refractivity (Wildman–Crippen MR) is 167 cm³/mol. The van der Waals surface area contributed by atoms with Crippen LogP contribution in [0, 0.1) is 0 Å². The van der Waals surface area contributed by atoms with Crippen molar-refractivity contribution >= 4 is 53.2 Å². The first-order valence-electron chi connectivity index (χ1n) is 14.0. The summed E-state index contributed by atoms with van der Waals surface area (Å²) in [6, 6.07) is 14.3. The molecule has 0 spiro atoms. The fourth-order valence-electron chi connectivity index (χ4n) is 5.66. The Hall–Kier alpha value is -3.21. The van der Waals surface area contributed by atoms with Crippen molar-refractivity contribution < 1.29 is 28.9 Å². The molecule has 3 aromatic rings. The van der Waals surface area contributed by atoms with Crippen molar-refractivity contribution in [1.29, 1.82) is 0 Å². The topological polar surface area (TPSA) is 101 Å². The van der Waals surface area contributed by atoms with Gasteiger partial charge in [0.05, 0.1) is 46.6 Å². The van der Waals surface area contributed by atoms with Gasteiger partial charge in [0, 0.05) is 24.2 Å². The molecule has 0 radical (unpaired) electrons. The first-order valence-corrected chi connectivity index (χ1v) is 14.8. The fraction of sp³-hybridized carbons (Fsp3) is 0.355. The van der Waals surface area contributed by atoms with Crippen LogP contribution < -0.4 is 19.7 Å². The minimum Gasteiger partial charge on any atom is -0.490 e. The molecule has 9 nitrogen and oxygen atoms in total. The molecule has 228 valence electrons. The lowest BCUT2D eigenvalue weighted by Crippen LogP contribution is -2.37. The number of piperidine rings is 1. The number of carbonyl (C=O) groups excluding carboxylic acids is 1. The number of rotatable bonds is 6. The Morgan fingerprint density at radius 2 is 1.72 bits per heavy atom. The summed E-state index contributed by atoms with van der Waals surface area (Å²) in [6.45, 7) is 4.39. The van der Waals surface area contributed by atoms with Crippen LogP contribution in [0.15, 0.2) is 48.5 Å². The number of nitrogens with one attached hydrogen (secondary N) is 1. The van der Waals surface area contributed by atoms with E-state index in [9.17, 15) is 14.7 Å². The highest BCUT2D eigenvalue weighted by Gasteiger charge is 2.29. The Kier molecular flexibility index (Phi) is 9.88. The molecule has 2 saturated heterocycles. The summed E-state index contributed by atoms with van der Waals surface area (Å²) in [5.74, 6) is -0.120. The van der Waals surface area contributed by atoms with Gasteiger partial charge in [-0.1, -0.05) is 47.5 Å². The maximum absolute atomic E-state index is 13.6. The minimum atomic E-state index is -0.980. The van der Waals surface area contributed by atoms with Gasteiger partial charge in [0.15, 0.2) is 6.73 Å². The van der Waals surface area contributed by atoms with E-state index in [-0.39, 0.29) is 52.3 Å². The summed E-state index contributed by atoms with van der Waals surface area (Å²) >= 11 is 13.1. The van der Waals surface area contributed by atoms with Gasteiger partial charge in [-0.25, -0.2) is 4.79 Å². The zero-order valence-electron chi connectivity index (χ0n) is 23.3. The second-order valence-electron chi connectivity index (χ2n) is 10.5. The number of nitrogens with zero attached hydrogens (tertiary/aromatic N) is 2. The SMILES string of the molecule is Cl.O=C(O)c1ccc(-c2cccc3c2OCN(C(=O)c2c(Cl)cc(OC4CCNCC4)cc2Cl)C3)cc1N1CCOCC1. The highest BCUT2D eigenvalue weighted by Crippen LogP contribution is 2.40. The standard InChI is InChI=1S/C31H31Cl2N3O6.ClH/c32-25-15-22(42-21-6-8-34-9-7-21)16-26(33)28(25)30(37)36-17-20-2-1-3-23(29(20)41-18-36)19-4-5-24(31(38)39)27(14-19)35-10-12-40-13-11-35;/h1-5,14-16,21,34H,6-13,17-18H2,(H,38,39);1H. The van der Waals surface area contributed by atoms with Crippen LogP contribution in [-0.4, -0.2) is 74.1 Å². The van der Waals surface area contributed by atoms with Crippen LogP contribution in [0.1, 0.15) is 39.1 Å². The van der Waals surface area contributed by atoms with Crippen LogP contribution in [0.2, 0.25) is 10.0 Å². The molecule has 1 amide bonds. The second kappa shape index (κ2) is 13.6. The molecule has 0 unspecified atom stereocenters. The number of aromatic carboxylic acids is 1. The molecular formula is C31H32Cl3N3O6. The zero-order chi connectivity index (χ0) is 29.2. The molecule has 12 heteroatoms. The van der Waals surface area contributed by atoms with Crippen molar-refractivity contribution in [3.63, 3.8) is 0 Å². The lowest BCUT2D eigenvalue weighted by molar-refractivity contribution is 0.0516. The molecule has 0 saturated carbocycles. The van der Waals surface area contributed by atoms with Gasteiger partial charge in [0.1, 0.15) is 17.6 Å². The molecule has 6 rings (SSSR count). The Morgan fingerprint density at radius 3 is 2.42 bits per heavy atom. The number of carboxylic acids is 1. The summed E-state index contributed by atoms with van der Waals surface area (Å²) in [5.41, 5.74) is 3.56. The van der Waals surface area contributed by atoms with Gasteiger partial charge in [-0.3, -0.25) is 4.79 Å².